The second-order valence-corrected chi connectivity index (χ2v) is 5.81. The first kappa shape index (κ1) is 17.6. The quantitative estimate of drug-likeness (QED) is 0.563. The molecule has 0 spiro atoms. The number of pyridine rings is 1. The van der Waals surface area contributed by atoms with E-state index in [9.17, 15) is 9.18 Å². The van der Waals surface area contributed by atoms with Crippen LogP contribution in [0.4, 0.5) is 20.7 Å². The fourth-order valence-corrected chi connectivity index (χ4v) is 2.60. The number of hydrogen-bond acceptors (Lipinski definition) is 5. The molecule has 2 heterocycles. The van der Waals surface area contributed by atoms with Crippen LogP contribution in [0.25, 0.3) is 11.1 Å². The summed E-state index contributed by atoms with van der Waals surface area (Å²) in [6, 6.07) is 7.70. The summed E-state index contributed by atoms with van der Waals surface area (Å²) in [5.41, 5.74) is 6.63. The van der Waals surface area contributed by atoms with Gasteiger partial charge in [-0.2, -0.15) is 0 Å². The van der Waals surface area contributed by atoms with Crippen molar-refractivity contribution in [2.24, 2.45) is 5.73 Å². The average Bonchev–Trinajstić information content (AvgIpc) is 3.02. The lowest BCUT2D eigenvalue weighted by atomic mass is 10.1. The molecule has 1 fully saturated rings. The molecule has 8 nitrogen and oxygen atoms in total. The van der Waals surface area contributed by atoms with Gasteiger partial charge in [-0.3, -0.25) is 10.3 Å². The fraction of sp³-hybridized carbons (Fsp3) is 0.235. The molecule has 0 bridgehead atoms. The van der Waals surface area contributed by atoms with Crippen LogP contribution in [0.15, 0.2) is 36.5 Å². The van der Waals surface area contributed by atoms with Crippen molar-refractivity contribution >= 4 is 23.6 Å². The van der Waals surface area contributed by atoms with Gasteiger partial charge in [-0.25, -0.2) is 14.2 Å². The summed E-state index contributed by atoms with van der Waals surface area (Å²) < 4.78 is 19.5. The molecule has 0 saturated carbocycles. The van der Waals surface area contributed by atoms with Gasteiger partial charge in [0.2, 0.25) is 0 Å². The largest absolute Gasteiger partial charge is 0.441 e. The number of cyclic esters (lactones) is 1. The Hall–Kier alpha value is -3.20. The molecular weight excluding hydrogens is 341 g/mol. The van der Waals surface area contributed by atoms with Crippen LogP contribution in [-0.2, 0) is 4.74 Å². The minimum absolute atomic E-state index is 0.153. The molecule has 1 aromatic heterocycles. The number of ether oxygens (including phenoxy) is 1. The normalized spacial score (nSPS) is 16.5. The number of carbonyl (C=O) groups excluding carboxylic acids is 1. The Morgan fingerprint density at radius 2 is 2.27 bits per heavy atom. The summed E-state index contributed by atoms with van der Waals surface area (Å²) in [5.74, 6) is -0.204. The van der Waals surface area contributed by atoms with Crippen molar-refractivity contribution in [2.75, 3.05) is 30.0 Å². The van der Waals surface area contributed by atoms with E-state index in [1.54, 1.807) is 31.3 Å². The van der Waals surface area contributed by atoms with Crippen LogP contribution < -0.4 is 15.5 Å². The second kappa shape index (κ2) is 6.96. The Balaban J connectivity index is 1.84. The number of halogens is 1. The van der Waals surface area contributed by atoms with E-state index >= 15 is 0 Å². The number of guanidine groups is 1. The van der Waals surface area contributed by atoms with Crippen LogP contribution in [0, 0.1) is 11.2 Å². The summed E-state index contributed by atoms with van der Waals surface area (Å²) in [4.78, 5) is 18.6. The van der Waals surface area contributed by atoms with Crippen molar-refractivity contribution in [3.05, 3.63) is 42.3 Å². The van der Waals surface area contributed by atoms with Crippen molar-refractivity contribution in [1.82, 2.24) is 4.98 Å². The molecule has 1 aliphatic rings. The number of nitrogens with one attached hydrogen (secondary N) is 1. The van der Waals surface area contributed by atoms with Gasteiger partial charge in [0, 0.05) is 24.4 Å². The number of aromatic nitrogens is 1. The molecule has 136 valence electrons. The number of rotatable bonds is 4. The second-order valence-electron chi connectivity index (χ2n) is 5.81. The summed E-state index contributed by atoms with van der Waals surface area (Å²) in [6.45, 7) is -0.114. The van der Waals surface area contributed by atoms with Gasteiger partial charge in [-0.05, 0) is 30.3 Å². The van der Waals surface area contributed by atoms with Crippen molar-refractivity contribution in [1.29, 1.82) is 5.41 Å². The van der Waals surface area contributed by atoms with Crippen LogP contribution in [-0.4, -0.2) is 48.4 Å². The van der Waals surface area contributed by atoms with E-state index in [2.05, 4.69) is 4.98 Å². The number of carbonyl (C=O) groups is 1. The van der Waals surface area contributed by atoms with E-state index in [4.69, 9.17) is 21.0 Å². The highest BCUT2D eigenvalue weighted by molar-refractivity contribution is 5.91. The highest BCUT2D eigenvalue weighted by atomic mass is 19.1. The summed E-state index contributed by atoms with van der Waals surface area (Å²) in [7, 11) is 1.61. The maximum atomic E-state index is 14.6. The van der Waals surface area contributed by atoms with Crippen molar-refractivity contribution in [3.8, 4) is 11.1 Å². The third kappa shape index (κ3) is 3.29. The molecule has 1 atom stereocenters. The average molecular weight is 359 g/mol. The molecule has 1 saturated heterocycles. The van der Waals surface area contributed by atoms with Crippen molar-refractivity contribution < 1.29 is 19.0 Å². The third-order valence-electron chi connectivity index (χ3n) is 4.11. The molecule has 1 aliphatic heterocycles. The zero-order valence-electron chi connectivity index (χ0n) is 14.0. The van der Waals surface area contributed by atoms with Crippen LogP contribution in [0.3, 0.4) is 0 Å². The standard InChI is InChI=1S/C17H18FN5O3/c1-22(16(19)20)15-5-2-10(7-21-15)13-4-3-11(6-14(13)18)23-8-12(9-24)26-17(23)25/h2-7,12,24H,8-9H2,1H3,(H3,19,20)/t12-/m1/s1. The number of aliphatic hydroxyl groups is 1. The van der Waals surface area contributed by atoms with Gasteiger partial charge in [0.1, 0.15) is 17.7 Å². The maximum absolute atomic E-state index is 14.6. The Morgan fingerprint density at radius 1 is 1.50 bits per heavy atom. The third-order valence-corrected chi connectivity index (χ3v) is 4.11. The van der Waals surface area contributed by atoms with E-state index in [0.717, 1.165) is 0 Å². The SMILES string of the molecule is CN(C(=N)N)c1ccc(-c2ccc(N3C[C@H](CO)OC3=O)cc2F)cn1. The van der Waals surface area contributed by atoms with Crippen LogP contribution >= 0.6 is 0 Å². The predicted molar refractivity (Wildman–Crippen MR) is 94.6 cm³/mol. The van der Waals surface area contributed by atoms with E-state index in [-0.39, 0.29) is 19.1 Å². The van der Waals surface area contributed by atoms with Crippen molar-refractivity contribution in [3.63, 3.8) is 0 Å². The molecular formula is C17H18FN5O3. The van der Waals surface area contributed by atoms with Gasteiger partial charge in [-0.1, -0.05) is 0 Å². The Kier molecular flexibility index (Phi) is 4.72. The van der Waals surface area contributed by atoms with E-state index in [1.807, 2.05) is 0 Å². The van der Waals surface area contributed by atoms with Gasteiger partial charge in [0.05, 0.1) is 18.8 Å². The zero-order valence-corrected chi connectivity index (χ0v) is 14.0. The molecule has 0 aliphatic carbocycles. The predicted octanol–water partition coefficient (Wildman–Crippen LogP) is 1.53. The Morgan fingerprint density at radius 3 is 2.81 bits per heavy atom. The number of aliphatic hydroxyl groups excluding tert-OH is 1. The number of nitrogens with two attached hydrogens (primary N) is 1. The van der Waals surface area contributed by atoms with Gasteiger partial charge in [0.15, 0.2) is 5.96 Å². The first-order valence-electron chi connectivity index (χ1n) is 7.83. The number of nitrogens with zero attached hydrogens (tertiary/aromatic N) is 3. The number of anilines is 2. The molecule has 3 rings (SSSR count). The lowest BCUT2D eigenvalue weighted by molar-refractivity contribution is 0.0963. The summed E-state index contributed by atoms with van der Waals surface area (Å²) in [5, 5.41) is 16.5. The first-order chi connectivity index (χ1) is 12.4. The van der Waals surface area contributed by atoms with E-state index < -0.39 is 18.0 Å². The Labute approximate surface area is 149 Å². The fourth-order valence-electron chi connectivity index (χ4n) is 2.60. The topological polar surface area (TPSA) is 116 Å². The molecule has 2 aromatic rings. The molecule has 26 heavy (non-hydrogen) atoms. The van der Waals surface area contributed by atoms with Crippen molar-refractivity contribution in [2.45, 2.75) is 6.10 Å². The number of amides is 1. The zero-order chi connectivity index (χ0) is 18.8. The van der Waals surface area contributed by atoms with Crippen LogP contribution in [0.1, 0.15) is 0 Å². The first-order valence-corrected chi connectivity index (χ1v) is 7.83. The molecule has 0 radical (unpaired) electrons. The molecule has 0 unspecified atom stereocenters. The molecule has 4 N–H and O–H groups in total. The smallest absolute Gasteiger partial charge is 0.414 e. The number of benzene rings is 1. The van der Waals surface area contributed by atoms with Crippen LogP contribution in [0.2, 0.25) is 0 Å². The van der Waals surface area contributed by atoms with Gasteiger partial charge < -0.3 is 20.5 Å². The molecule has 9 heteroatoms. The summed E-state index contributed by atoms with van der Waals surface area (Å²) >= 11 is 0. The van der Waals surface area contributed by atoms with Gasteiger partial charge in [-0.15, -0.1) is 0 Å². The van der Waals surface area contributed by atoms with E-state index in [0.29, 0.717) is 22.6 Å². The molecule has 1 aromatic carbocycles. The maximum Gasteiger partial charge on any atom is 0.414 e. The number of hydrogen-bond donors (Lipinski definition) is 3. The lowest BCUT2D eigenvalue weighted by Gasteiger charge is -2.16. The highest BCUT2D eigenvalue weighted by Gasteiger charge is 2.32. The monoisotopic (exact) mass is 359 g/mol. The molecule has 1 amide bonds. The minimum atomic E-state index is -0.616. The van der Waals surface area contributed by atoms with Crippen LogP contribution in [0.5, 0.6) is 0 Å². The Bertz CT molecular complexity index is 843. The highest BCUT2D eigenvalue weighted by Crippen LogP contribution is 2.29. The van der Waals surface area contributed by atoms with E-state index in [1.165, 1.54) is 22.1 Å². The van der Waals surface area contributed by atoms with Gasteiger partial charge >= 0.3 is 6.09 Å². The summed E-state index contributed by atoms with van der Waals surface area (Å²) in [6.07, 6.45) is 0.258. The van der Waals surface area contributed by atoms with Gasteiger partial charge in [0.25, 0.3) is 0 Å². The minimum Gasteiger partial charge on any atom is -0.441 e. The lowest BCUT2D eigenvalue weighted by Crippen LogP contribution is -2.33.